The van der Waals surface area contributed by atoms with Crippen LogP contribution in [0.4, 0.5) is 0 Å². The number of nitrogens with one attached hydrogen (secondary N) is 1. The summed E-state index contributed by atoms with van der Waals surface area (Å²) < 4.78 is 0. The van der Waals surface area contributed by atoms with Crippen LogP contribution in [0.2, 0.25) is 5.02 Å². The summed E-state index contributed by atoms with van der Waals surface area (Å²) in [4.78, 5) is 12.8. The van der Waals surface area contributed by atoms with Gasteiger partial charge in [-0.05, 0) is 37.1 Å². The van der Waals surface area contributed by atoms with E-state index >= 15 is 0 Å². The van der Waals surface area contributed by atoms with Gasteiger partial charge in [-0.1, -0.05) is 30.7 Å². The van der Waals surface area contributed by atoms with Crippen LogP contribution < -0.4 is 5.32 Å². The van der Waals surface area contributed by atoms with Crippen molar-refractivity contribution in [2.45, 2.75) is 38.4 Å². The van der Waals surface area contributed by atoms with Gasteiger partial charge in [-0.3, -0.25) is 9.69 Å². The van der Waals surface area contributed by atoms with Crippen molar-refractivity contribution in [2.75, 3.05) is 13.1 Å². The number of halogens is 1. The van der Waals surface area contributed by atoms with Crippen LogP contribution in [0.3, 0.4) is 0 Å². The molecule has 1 aliphatic carbocycles. The van der Waals surface area contributed by atoms with Crippen molar-refractivity contribution in [2.24, 2.45) is 0 Å². The van der Waals surface area contributed by atoms with E-state index < -0.39 is 5.97 Å². The third-order valence-corrected chi connectivity index (χ3v) is 4.09. The molecule has 4 nitrogen and oxygen atoms in total. The van der Waals surface area contributed by atoms with Crippen LogP contribution in [0, 0.1) is 0 Å². The standard InChI is InChI=1S/C15H21ClN2O2/c1-2-18(10-15(19)20)14-7-13(8-14)17-9-11-4-3-5-12(16)6-11/h3-6,13-14,17H,2,7-10H2,1H3,(H,19,20). The average Bonchev–Trinajstić information content (AvgIpc) is 2.35. The van der Waals surface area contributed by atoms with Gasteiger partial charge in [0.2, 0.25) is 0 Å². The van der Waals surface area contributed by atoms with Gasteiger partial charge >= 0.3 is 5.97 Å². The zero-order valence-electron chi connectivity index (χ0n) is 11.7. The highest BCUT2D eigenvalue weighted by Gasteiger charge is 2.33. The van der Waals surface area contributed by atoms with Gasteiger partial charge in [-0.2, -0.15) is 0 Å². The Morgan fingerprint density at radius 3 is 2.85 bits per heavy atom. The predicted molar refractivity (Wildman–Crippen MR) is 80.0 cm³/mol. The first-order chi connectivity index (χ1) is 9.58. The van der Waals surface area contributed by atoms with Crippen molar-refractivity contribution in [3.63, 3.8) is 0 Å². The highest BCUT2D eigenvalue weighted by atomic mass is 35.5. The molecule has 0 unspecified atom stereocenters. The van der Waals surface area contributed by atoms with E-state index in [1.165, 1.54) is 5.56 Å². The molecule has 20 heavy (non-hydrogen) atoms. The second-order valence-electron chi connectivity index (χ2n) is 5.29. The summed E-state index contributed by atoms with van der Waals surface area (Å²) in [5.41, 5.74) is 1.18. The molecule has 1 aromatic carbocycles. The largest absolute Gasteiger partial charge is 0.480 e. The molecule has 1 fully saturated rings. The molecule has 2 rings (SSSR count). The number of likely N-dealkylation sites (N-methyl/N-ethyl adjacent to an activating group) is 1. The Kier molecular flexibility index (Phi) is 5.40. The number of aliphatic carboxylic acids is 1. The molecule has 2 N–H and O–H groups in total. The van der Waals surface area contributed by atoms with E-state index in [0.29, 0.717) is 12.1 Å². The summed E-state index contributed by atoms with van der Waals surface area (Å²) in [6.07, 6.45) is 2.03. The molecular formula is C15H21ClN2O2. The number of rotatable bonds is 7. The Morgan fingerprint density at radius 1 is 1.50 bits per heavy atom. The molecule has 0 radical (unpaired) electrons. The minimum atomic E-state index is -0.748. The molecule has 0 atom stereocenters. The first-order valence-electron chi connectivity index (χ1n) is 7.02. The number of carboxylic acids is 1. The molecule has 0 aliphatic heterocycles. The lowest BCUT2D eigenvalue weighted by Crippen LogP contribution is -2.53. The van der Waals surface area contributed by atoms with Gasteiger partial charge < -0.3 is 10.4 Å². The first-order valence-corrected chi connectivity index (χ1v) is 7.40. The number of hydrogen-bond donors (Lipinski definition) is 2. The number of benzene rings is 1. The highest BCUT2D eigenvalue weighted by molar-refractivity contribution is 6.30. The van der Waals surface area contributed by atoms with Gasteiger partial charge in [0, 0.05) is 23.7 Å². The maximum Gasteiger partial charge on any atom is 0.317 e. The summed E-state index contributed by atoms with van der Waals surface area (Å²) in [5.74, 6) is -0.748. The van der Waals surface area contributed by atoms with Crippen LogP contribution in [0.15, 0.2) is 24.3 Å². The van der Waals surface area contributed by atoms with Gasteiger partial charge in [0.05, 0.1) is 6.54 Å². The minimum absolute atomic E-state index is 0.141. The van der Waals surface area contributed by atoms with Crippen LogP contribution in [0.25, 0.3) is 0 Å². The molecule has 1 aliphatic rings. The third kappa shape index (κ3) is 4.20. The molecule has 0 heterocycles. The molecule has 1 saturated carbocycles. The van der Waals surface area contributed by atoms with E-state index in [0.717, 1.165) is 31.0 Å². The number of carboxylic acid groups (broad SMARTS) is 1. The van der Waals surface area contributed by atoms with E-state index in [4.69, 9.17) is 16.7 Å². The summed E-state index contributed by atoms with van der Waals surface area (Å²) in [6, 6.07) is 8.71. The van der Waals surface area contributed by atoms with Crippen LogP contribution in [0.5, 0.6) is 0 Å². The molecule has 110 valence electrons. The Hall–Kier alpha value is -1.10. The Balaban J connectivity index is 1.72. The van der Waals surface area contributed by atoms with E-state index in [9.17, 15) is 4.79 Å². The minimum Gasteiger partial charge on any atom is -0.480 e. The maximum absolute atomic E-state index is 10.8. The lowest BCUT2D eigenvalue weighted by atomic mass is 9.85. The molecule has 0 saturated heterocycles. The summed E-state index contributed by atoms with van der Waals surface area (Å²) in [6.45, 7) is 3.75. The second-order valence-corrected chi connectivity index (χ2v) is 5.73. The Labute approximate surface area is 124 Å². The van der Waals surface area contributed by atoms with E-state index in [1.807, 2.05) is 30.0 Å². The smallest absolute Gasteiger partial charge is 0.317 e. The fraction of sp³-hybridized carbons (Fsp3) is 0.533. The molecule has 1 aromatic rings. The molecule has 0 bridgehead atoms. The fourth-order valence-corrected chi connectivity index (χ4v) is 2.85. The van der Waals surface area contributed by atoms with Crippen LogP contribution in [-0.4, -0.2) is 41.1 Å². The zero-order valence-corrected chi connectivity index (χ0v) is 12.4. The van der Waals surface area contributed by atoms with Crippen molar-refractivity contribution in [3.8, 4) is 0 Å². The van der Waals surface area contributed by atoms with Gasteiger partial charge in [-0.25, -0.2) is 0 Å². The van der Waals surface area contributed by atoms with Crippen molar-refractivity contribution >= 4 is 17.6 Å². The van der Waals surface area contributed by atoms with Crippen molar-refractivity contribution in [1.29, 1.82) is 0 Å². The topological polar surface area (TPSA) is 52.6 Å². The lowest BCUT2D eigenvalue weighted by molar-refractivity contribution is -0.139. The zero-order chi connectivity index (χ0) is 14.5. The van der Waals surface area contributed by atoms with Crippen LogP contribution in [0.1, 0.15) is 25.3 Å². The fourth-order valence-electron chi connectivity index (χ4n) is 2.63. The maximum atomic E-state index is 10.8. The normalized spacial score (nSPS) is 21.8. The van der Waals surface area contributed by atoms with Crippen LogP contribution in [-0.2, 0) is 11.3 Å². The van der Waals surface area contributed by atoms with Gasteiger partial charge in [0.15, 0.2) is 0 Å². The molecule has 0 amide bonds. The Bertz CT molecular complexity index is 461. The van der Waals surface area contributed by atoms with E-state index in [2.05, 4.69) is 11.4 Å². The quantitative estimate of drug-likeness (QED) is 0.811. The van der Waals surface area contributed by atoms with E-state index in [-0.39, 0.29) is 6.54 Å². The average molecular weight is 297 g/mol. The third-order valence-electron chi connectivity index (χ3n) is 3.86. The summed E-state index contributed by atoms with van der Waals surface area (Å²) in [5, 5.41) is 13.1. The summed E-state index contributed by atoms with van der Waals surface area (Å²) in [7, 11) is 0. The molecular weight excluding hydrogens is 276 g/mol. The lowest BCUT2D eigenvalue weighted by Gasteiger charge is -2.42. The summed E-state index contributed by atoms with van der Waals surface area (Å²) >= 11 is 5.95. The van der Waals surface area contributed by atoms with Crippen molar-refractivity contribution < 1.29 is 9.90 Å². The second kappa shape index (κ2) is 7.07. The Morgan fingerprint density at radius 2 is 2.25 bits per heavy atom. The number of carbonyl (C=O) groups is 1. The van der Waals surface area contributed by atoms with Gasteiger partial charge in [-0.15, -0.1) is 0 Å². The van der Waals surface area contributed by atoms with Crippen molar-refractivity contribution in [3.05, 3.63) is 34.9 Å². The monoisotopic (exact) mass is 296 g/mol. The number of hydrogen-bond acceptors (Lipinski definition) is 3. The molecule has 0 spiro atoms. The van der Waals surface area contributed by atoms with Crippen LogP contribution >= 0.6 is 11.6 Å². The SMILES string of the molecule is CCN(CC(=O)O)C1CC(NCc2cccc(Cl)c2)C1. The number of nitrogens with zero attached hydrogens (tertiary/aromatic N) is 1. The van der Waals surface area contributed by atoms with E-state index in [1.54, 1.807) is 0 Å². The van der Waals surface area contributed by atoms with Gasteiger partial charge in [0.1, 0.15) is 0 Å². The molecule has 5 heteroatoms. The first kappa shape index (κ1) is 15.3. The van der Waals surface area contributed by atoms with Gasteiger partial charge in [0.25, 0.3) is 0 Å². The highest BCUT2D eigenvalue weighted by Crippen LogP contribution is 2.26. The van der Waals surface area contributed by atoms with Crippen molar-refractivity contribution in [1.82, 2.24) is 10.2 Å². The predicted octanol–water partition coefficient (Wildman–Crippen LogP) is 2.37. The molecule has 0 aromatic heterocycles.